The predicted octanol–water partition coefficient (Wildman–Crippen LogP) is 5.27. The van der Waals surface area contributed by atoms with Crippen molar-refractivity contribution in [3.63, 3.8) is 0 Å². The minimum Gasteiger partial charge on any atom is -0.493 e. The normalized spacial score (nSPS) is 10.6. The Kier molecular flexibility index (Phi) is 6.93. The molecule has 0 unspecified atom stereocenters. The average molecular weight is 403 g/mol. The second-order valence-corrected chi connectivity index (χ2v) is 6.78. The number of hydrogen-bond donors (Lipinski definition) is 1. The van der Waals surface area contributed by atoms with Gasteiger partial charge in [-0.1, -0.05) is 41.4 Å². The number of nitrogens with zero attached hydrogens (tertiary/aromatic N) is 1. The van der Waals surface area contributed by atoms with Gasteiger partial charge < -0.3 is 14.8 Å². The molecular formula is C21H20Cl2N2O2. The van der Waals surface area contributed by atoms with Crippen molar-refractivity contribution in [2.45, 2.75) is 19.7 Å². The summed E-state index contributed by atoms with van der Waals surface area (Å²) in [5.41, 5.74) is 2.88. The molecule has 1 N–H and O–H groups in total. The second-order valence-electron chi connectivity index (χ2n) is 5.94. The molecule has 140 valence electrons. The molecule has 0 radical (unpaired) electrons. The Bertz CT molecular complexity index is 889. The van der Waals surface area contributed by atoms with E-state index >= 15 is 0 Å². The third-order valence-corrected chi connectivity index (χ3v) is 4.55. The molecule has 0 atom stereocenters. The van der Waals surface area contributed by atoms with Crippen molar-refractivity contribution >= 4 is 23.2 Å². The lowest BCUT2D eigenvalue weighted by molar-refractivity contribution is 0.284. The summed E-state index contributed by atoms with van der Waals surface area (Å²) in [6, 6.07) is 17.0. The van der Waals surface area contributed by atoms with Gasteiger partial charge in [0.1, 0.15) is 6.61 Å². The van der Waals surface area contributed by atoms with Crippen molar-refractivity contribution in [3.05, 3.63) is 87.7 Å². The van der Waals surface area contributed by atoms with Crippen LogP contribution in [0.5, 0.6) is 11.5 Å². The number of methoxy groups -OCH3 is 1. The molecule has 0 saturated carbocycles. The van der Waals surface area contributed by atoms with Crippen LogP contribution in [0.1, 0.15) is 16.8 Å². The van der Waals surface area contributed by atoms with Crippen LogP contribution in [-0.4, -0.2) is 12.1 Å². The molecule has 0 amide bonds. The Morgan fingerprint density at radius 3 is 2.59 bits per heavy atom. The first-order valence-corrected chi connectivity index (χ1v) is 9.25. The van der Waals surface area contributed by atoms with E-state index in [4.69, 9.17) is 32.7 Å². The summed E-state index contributed by atoms with van der Waals surface area (Å²) >= 11 is 12.4. The Morgan fingerprint density at radius 1 is 0.963 bits per heavy atom. The van der Waals surface area contributed by atoms with Gasteiger partial charge >= 0.3 is 0 Å². The van der Waals surface area contributed by atoms with E-state index in [1.165, 1.54) is 0 Å². The fraction of sp³-hybridized carbons (Fsp3) is 0.190. The number of benzene rings is 2. The number of pyridine rings is 1. The lowest BCUT2D eigenvalue weighted by Gasteiger charge is -2.14. The van der Waals surface area contributed by atoms with E-state index in [9.17, 15) is 0 Å². The molecule has 3 aromatic rings. The van der Waals surface area contributed by atoms with E-state index in [-0.39, 0.29) is 0 Å². The van der Waals surface area contributed by atoms with Crippen molar-refractivity contribution < 1.29 is 9.47 Å². The zero-order valence-corrected chi connectivity index (χ0v) is 16.4. The highest BCUT2D eigenvalue weighted by Crippen LogP contribution is 2.34. The van der Waals surface area contributed by atoms with Crippen molar-refractivity contribution in [2.24, 2.45) is 0 Å². The van der Waals surface area contributed by atoms with Crippen LogP contribution in [0.4, 0.5) is 0 Å². The summed E-state index contributed by atoms with van der Waals surface area (Å²) < 4.78 is 11.3. The summed E-state index contributed by atoms with van der Waals surface area (Å²) in [5, 5.41) is 4.63. The lowest BCUT2D eigenvalue weighted by atomic mass is 10.2. The molecule has 0 aliphatic carbocycles. The van der Waals surface area contributed by atoms with E-state index in [0.29, 0.717) is 41.2 Å². The van der Waals surface area contributed by atoms with Crippen molar-refractivity contribution in [1.82, 2.24) is 10.3 Å². The summed E-state index contributed by atoms with van der Waals surface area (Å²) in [7, 11) is 1.61. The van der Waals surface area contributed by atoms with E-state index in [0.717, 1.165) is 16.8 Å². The number of ether oxygens (including phenoxy) is 2. The van der Waals surface area contributed by atoms with Crippen LogP contribution in [-0.2, 0) is 19.7 Å². The standard InChI is InChI=1S/C21H20Cl2N2O2/c1-26-20-10-16(12-24-13-18-7-2-3-8-25-18)19(23)11-21(20)27-14-15-5-4-6-17(22)9-15/h2-11,24H,12-14H2,1H3. The van der Waals surface area contributed by atoms with Crippen LogP contribution in [0.15, 0.2) is 60.8 Å². The fourth-order valence-electron chi connectivity index (χ4n) is 2.60. The summed E-state index contributed by atoms with van der Waals surface area (Å²) in [6.07, 6.45) is 1.78. The molecule has 0 aliphatic heterocycles. The minimum atomic E-state index is 0.379. The molecule has 0 spiro atoms. The second kappa shape index (κ2) is 9.60. The monoisotopic (exact) mass is 402 g/mol. The SMILES string of the molecule is COc1cc(CNCc2ccccn2)c(Cl)cc1OCc1cccc(Cl)c1. The van der Waals surface area contributed by atoms with Crippen LogP contribution < -0.4 is 14.8 Å². The maximum Gasteiger partial charge on any atom is 0.163 e. The first-order valence-electron chi connectivity index (χ1n) is 8.50. The molecule has 3 rings (SSSR count). The van der Waals surface area contributed by atoms with Gasteiger partial charge in [-0.05, 0) is 41.5 Å². The van der Waals surface area contributed by atoms with Gasteiger partial charge in [-0.25, -0.2) is 0 Å². The Labute approximate surface area is 169 Å². The molecule has 4 nitrogen and oxygen atoms in total. The van der Waals surface area contributed by atoms with Gasteiger partial charge in [0.15, 0.2) is 11.5 Å². The molecule has 1 heterocycles. The van der Waals surface area contributed by atoms with Crippen LogP contribution >= 0.6 is 23.2 Å². The molecule has 0 fully saturated rings. The zero-order chi connectivity index (χ0) is 19.1. The van der Waals surface area contributed by atoms with E-state index in [1.807, 2.05) is 48.5 Å². The maximum atomic E-state index is 6.43. The van der Waals surface area contributed by atoms with Crippen LogP contribution in [0.2, 0.25) is 10.0 Å². The molecular weight excluding hydrogens is 383 g/mol. The highest BCUT2D eigenvalue weighted by Gasteiger charge is 2.11. The number of rotatable bonds is 8. The third-order valence-electron chi connectivity index (χ3n) is 3.96. The third kappa shape index (κ3) is 5.60. The molecule has 0 bridgehead atoms. The van der Waals surface area contributed by atoms with Gasteiger partial charge in [-0.15, -0.1) is 0 Å². The lowest BCUT2D eigenvalue weighted by Crippen LogP contribution is -2.14. The number of aromatic nitrogens is 1. The highest BCUT2D eigenvalue weighted by atomic mass is 35.5. The minimum absolute atomic E-state index is 0.379. The largest absolute Gasteiger partial charge is 0.493 e. The number of hydrogen-bond acceptors (Lipinski definition) is 4. The molecule has 27 heavy (non-hydrogen) atoms. The first-order chi connectivity index (χ1) is 13.2. The van der Waals surface area contributed by atoms with Gasteiger partial charge in [0.25, 0.3) is 0 Å². The van der Waals surface area contributed by atoms with Crippen LogP contribution in [0, 0.1) is 0 Å². The molecule has 0 aliphatic rings. The Morgan fingerprint density at radius 2 is 1.85 bits per heavy atom. The molecule has 1 aromatic heterocycles. The van der Waals surface area contributed by atoms with Crippen molar-refractivity contribution in [1.29, 1.82) is 0 Å². The van der Waals surface area contributed by atoms with E-state index in [1.54, 1.807) is 19.4 Å². The van der Waals surface area contributed by atoms with Gasteiger partial charge in [0.2, 0.25) is 0 Å². The first kappa shape index (κ1) is 19.5. The zero-order valence-electron chi connectivity index (χ0n) is 14.9. The smallest absolute Gasteiger partial charge is 0.163 e. The van der Waals surface area contributed by atoms with Gasteiger partial charge in [-0.2, -0.15) is 0 Å². The van der Waals surface area contributed by atoms with Crippen molar-refractivity contribution in [3.8, 4) is 11.5 Å². The summed E-state index contributed by atoms with van der Waals surface area (Å²) in [5.74, 6) is 1.23. The Hall–Kier alpha value is -2.27. The predicted molar refractivity (Wildman–Crippen MR) is 109 cm³/mol. The average Bonchev–Trinajstić information content (AvgIpc) is 2.68. The topological polar surface area (TPSA) is 43.4 Å². The maximum absolute atomic E-state index is 6.43. The number of halogens is 2. The van der Waals surface area contributed by atoms with Gasteiger partial charge in [-0.3, -0.25) is 4.98 Å². The number of nitrogens with one attached hydrogen (secondary N) is 1. The highest BCUT2D eigenvalue weighted by molar-refractivity contribution is 6.31. The summed E-state index contributed by atoms with van der Waals surface area (Å²) in [6.45, 7) is 1.64. The molecule has 2 aromatic carbocycles. The Balaban J connectivity index is 1.65. The van der Waals surface area contributed by atoms with E-state index in [2.05, 4.69) is 10.3 Å². The molecule has 6 heteroatoms. The summed E-state index contributed by atoms with van der Waals surface area (Å²) in [4.78, 5) is 4.29. The van der Waals surface area contributed by atoms with Gasteiger partial charge in [0.05, 0.1) is 12.8 Å². The van der Waals surface area contributed by atoms with Crippen LogP contribution in [0.3, 0.4) is 0 Å². The van der Waals surface area contributed by atoms with E-state index < -0.39 is 0 Å². The quantitative estimate of drug-likeness (QED) is 0.557. The fourth-order valence-corrected chi connectivity index (χ4v) is 3.03. The molecule has 0 saturated heterocycles. The van der Waals surface area contributed by atoms with Crippen LogP contribution in [0.25, 0.3) is 0 Å². The van der Waals surface area contributed by atoms with Crippen molar-refractivity contribution in [2.75, 3.05) is 7.11 Å². The van der Waals surface area contributed by atoms with Gasteiger partial charge in [0, 0.05) is 35.4 Å².